The molecule has 140 valence electrons. The van der Waals surface area contributed by atoms with Crippen LogP contribution in [0.1, 0.15) is 44.9 Å². The van der Waals surface area contributed by atoms with Gasteiger partial charge in [0.1, 0.15) is 5.78 Å². The van der Waals surface area contributed by atoms with Gasteiger partial charge in [0, 0.05) is 38.6 Å². The third-order valence-electron chi connectivity index (χ3n) is 5.10. The summed E-state index contributed by atoms with van der Waals surface area (Å²) >= 11 is 0. The van der Waals surface area contributed by atoms with Gasteiger partial charge in [0.15, 0.2) is 0 Å². The van der Waals surface area contributed by atoms with Gasteiger partial charge in [-0.3, -0.25) is 19.3 Å². The first-order valence-corrected chi connectivity index (χ1v) is 9.22. The van der Waals surface area contributed by atoms with Crippen molar-refractivity contribution in [1.82, 2.24) is 4.90 Å². The van der Waals surface area contributed by atoms with Crippen molar-refractivity contribution in [2.24, 2.45) is 11.8 Å². The molecule has 0 atom stereocenters. The lowest BCUT2D eigenvalue weighted by atomic mass is 9.79. The number of carbonyl (C=O) groups excluding carboxylic acids is 3. The number of rotatable bonds is 11. The fourth-order valence-electron chi connectivity index (χ4n) is 3.49. The number of Topliss-reactive ketones (excluding diaryl/α,β-unsaturated/α-hetero) is 1. The molecule has 2 aliphatic rings. The third kappa shape index (κ3) is 6.71. The highest BCUT2D eigenvalue weighted by atomic mass is 16.5. The van der Waals surface area contributed by atoms with E-state index in [4.69, 9.17) is 9.47 Å². The fraction of sp³-hybridized carbons (Fsp3) is 0.737. The zero-order valence-electron chi connectivity index (χ0n) is 15.1. The summed E-state index contributed by atoms with van der Waals surface area (Å²) in [7, 11) is 1.63. The van der Waals surface area contributed by atoms with E-state index >= 15 is 0 Å². The van der Waals surface area contributed by atoms with Crippen LogP contribution in [0.4, 0.5) is 0 Å². The summed E-state index contributed by atoms with van der Waals surface area (Å²) < 4.78 is 10.2. The molecule has 0 radical (unpaired) electrons. The van der Waals surface area contributed by atoms with Crippen LogP contribution in [0.15, 0.2) is 12.2 Å². The van der Waals surface area contributed by atoms with E-state index < -0.39 is 0 Å². The van der Waals surface area contributed by atoms with Gasteiger partial charge in [-0.15, -0.1) is 0 Å². The SMILES string of the molecule is COCCOCCC(=O)CCC1CCC(CN2C(=O)C=CC2=O)CC1. The summed E-state index contributed by atoms with van der Waals surface area (Å²) in [5.41, 5.74) is 0. The molecule has 0 spiro atoms. The zero-order valence-corrected chi connectivity index (χ0v) is 15.1. The Morgan fingerprint density at radius 2 is 1.64 bits per heavy atom. The molecule has 6 nitrogen and oxygen atoms in total. The molecular weight excluding hydrogens is 322 g/mol. The number of carbonyl (C=O) groups is 3. The normalized spacial score (nSPS) is 23.5. The largest absolute Gasteiger partial charge is 0.382 e. The molecule has 0 unspecified atom stereocenters. The molecule has 0 bridgehead atoms. The molecule has 1 heterocycles. The number of hydrogen-bond donors (Lipinski definition) is 0. The van der Waals surface area contributed by atoms with E-state index in [1.165, 1.54) is 17.1 Å². The van der Waals surface area contributed by atoms with Gasteiger partial charge in [-0.05, 0) is 31.1 Å². The Kier molecular flexibility index (Phi) is 8.28. The van der Waals surface area contributed by atoms with Crippen LogP contribution in [-0.2, 0) is 23.9 Å². The monoisotopic (exact) mass is 351 g/mol. The highest BCUT2D eigenvalue weighted by Gasteiger charge is 2.29. The van der Waals surface area contributed by atoms with Gasteiger partial charge in [0.05, 0.1) is 19.8 Å². The molecule has 2 amide bonds. The predicted molar refractivity (Wildman–Crippen MR) is 92.9 cm³/mol. The summed E-state index contributed by atoms with van der Waals surface area (Å²) in [6, 6.07) is 0. The minimum absolute atomic E-state index is 0.189. The smallest absolute Gasteiger partial charge is 0.253 e. The first-order chi connectivity index (χ1) is 12.1. The van der Waals surface area contributed by atoms with Gasteiger partial charge in [-0.2, -0.15) is 0 Å². The van der Waals surface area contributed by atoms with Crippen LogP contribution < -0.4 is 0 Å². The summed E-state index contributed by atoms with van der Waals surface area (Å²) in [6.07, 6.45) is 8.93. The van der Waals surface area contributed by atoms with Gasteiger partial charge in [-0.1, -0.05) is 12.8 Å². The van der Waals surface area contributed by atoms with Crippen molar-refractivity contribution in [3.63, 3.8) is 0 Å². The molecular formula is C19H29NO5. The molecule has 0 N–H and O–H groups in total. The van der Waals surface area contributed by atoms with Gasteiger partial charge >= 0.3 is 0 Å². The van der Waals surface area contributed by atoms with Crippen molar-refractivity contribution < 1.29 is 23.9 Å². The van der Waals surface area contributed by atoms with Crippen molar-refractivity contribution in [1.29, 1.82) is 0 Å². The maximum Gasteiger partial charge on any atom is 0.253 e. The second kappa shape index (κ2) is 10.5. The molecule has 1 saturated carbocycles. The van der Waals surface area contributed by atoms with Crippen molar-refractivity contribution >= 4 is 17.6 Å². The van der Waals surface area contributed by atoms with Crippen LogP contribution in [0.3, 0.4) is 0 Å². The van der Waals surface area contributed by atoms with E-state index in [-0.39, 0.29) is 17.6 Å². The number of ketones is 1. The number of imide groups is 1. The Labute approximate surface area is 149 Å². The van der Waals surface area contributed by atoms with Gasteiger partial charge < -0.3 is 9.47 Å². The molecule has 0 saturated heterocycles. The maximum absolute atomic E-state index is 11.9. The quantitative estimate of drug-likeness (QED) is 0.421. The Morgan fingerprint density at radius 1 is 1.00 bits per heavy atom. The molecule has 25 heavy (non-hydrogen) atoms. The standard InChI is InChI=1S/C19H29NO5/c1-24-12-13-25-11-10-17(21)7-6-15-2-4-16(5-3-15)14-20-18(22)8-9-19(20)23/h8-9,15-16H,2-7,10-14H2,1H3. The minimum Gasteiger partial charge on any atom is -0.382 e. The zero-order chi connectivity index (χ0) is 18.1. The number of hydrogen-bond acceptors (Lipinski definition) is 5. The fourth-order valence-corrected chi connectivity index (χ4v) is 3.49. The van der Waals surface area contributed by atoms with Gasteiger partial charge in [0.2, 0.25) is 0 Å². The number of ether oxygens (including phenoxy) is 2. The minimum atomic E-state index is -0.189. The molecule has 1 aliphatic heterocycles. The molecule has 1 aliphatic carbocycles. The highest BCUT2D eigenvalue weighted by Crippen LogP contribution is 2.32. The first kappa shape index (κ1) is 19.8. The summed E-state index contributed by atoms with van der Waals surface area (Å²) in [5.74, 6) is 0.862. The molecule has 0 aromatic heterocycles. The number of amides is 2. The van der Waals surface area contributed by atoms with E-state index in [1.54, 1.807) is 7.11 Å². The lowest BCUT2D eigenvalue weighted by Crippen LogP contribution is -2.36. The third-order valence-corrected chi connectivity index (χ3v) is 5.10. The lowest BCUT2D eigenvalue weighted by molar-refractivity contribution is -0.137. The molecule has 1 fully saturated rings. The summed E-state index contributed by atoms with van der Waals surface area (Å²) in [6.45, 7) is 2.10. The Hall–Kier alpha value is -1.53. The first-order valence-electron chi connectivity index (χ1n) is 9.22. The van der Waals surface area contributed by atoms with Crippen LogP contribution in [0.2, 0.25) is 0 Å². The summed E-state index contributed by atoms with van der Waals surface area (Å²) in [5, 5.41) is 0. The lowest BCUT2D eigenvalue weighted by Gasteiger charge is -2.30. The van der Waals surface area contributed by atoms with E-state index in [0.29, 0.717) is 51.0 Å². The second-order valence-corrected chi connectivity index (χ2v) is 6.94. The average Bonchev–Trinajstić information content (AvgIpc) is 2.93. The predicted octanol–water partition coefficient (Wildman–Crippen LogP) is 2.12. The van der Waals surface area contributed by atoms with Crippen LogP contribution in [0.25, 0.3) is 0 Å². The van der Waals surface area contributed by atoms with E-state index in [2.05, 4.69) is 0 Å². The van der Waals surface area contributed by atoms with Crippen LogP contribution >= 0.6 is 0 Å². The number of nitrogens with zero attached hydrogens (tertiary/aromatic N) is 1. The molecule has 0 aromatic rings. The van der Waals surface area contributed by atoms with Gasteiger partial charge in [-0.25, -0.2) is 0 Å². The van der Waals surface area contributed by atoms with Crippen LogP contribution in [-0.4, -0.2) is 56.0 Å². The van der Waals surface area contributed by atoms with Crippen LogP contribution in [0, 0.1) is 11.8 Å². The van der Waals surface area contributed by atoms with Crippen LogP contribution in [0.5, 0.6) is 0 Å². The second-order valence-electron chi connectivity index (χ2n) is 6.94. The average molecular weight is 351 g/mol. The maximum atomic E-state index is 11.9. The van der Waals surface area contributed by atoms with Crippen molar-refractivity contribution in [3.8, 4) is 0 Å². The molecule has 2 rings (SSSR count). The Balaban J connectivity index is 1.55. The molecule has 6 heteroatoms. The van der Waals surface area contributed by atoms with E-state index in [1.807, 2.05) is 0 Å². The molecule has 0 aromatic carbocycles. The topological polar surface area (TPSA) is 72.9 Å². The van der Waals surface area contributed by atoms with Crippen molar-refractivity contribution in [3.05, 3.63) is 12.2 Å². The Bertz CT molecular complexity index is 476. The Morgan fingerprint density at radius 3 is 2.28 bits per heavy atom. The van der Waals surface area contributed by atoms with Crippen molar-refractivity contribution in [2.45, 2.75) is 44.9 Å². The van der Waals surface area contributed by atoms with E-state index in [9.17, 15) is 14.4 Å². The van der Waals surface area contributed by atoms with E-state index in [0.717, 1.165) is 32.1 Å². The van der Waals surface area contributed by atoms with Crippen molar-refractivity contribution in [2.75, 3.05) is 33.5 Å². The van der Waals surface area contributed by atoms with Gasteiger partial charge in [0.25, 0.3) is 11.8 Å². The highest BCUT2D eigenvalue weighted by molar-refractivity contribution is 6.12. The number of methoxy groups -OCH3 is 1. The summed E-state index contributed by atoms with van der Waals surface area (Å²) in [4.78, 5) is 36.4.